The molecule has 0 heterocycles. The van der Waals surface area contributed by atoms with Crippen molar-refractivity contribution in [1.29, 1.82) is 0 Å². The van der Waals surface area contributed by atoms with Crippen molar-refractivity contribution in [3.63, 3.8) is 0 Å². The van der Waals surface area contributed by atoms with Gasteiger partial charge in [0.25, 0.3) is 0 Å². The van der Waals surface area contributed by atoms with E-state index in [1.54, 1.807) is 0 Å². The van der Waals surface area contributed by atoms with Crippen LogP contribution in [0.4, 0.5) is 0 Å². The largest absolute Gasteiger partial charge is 0.0622 e. The number of hydrogen-bond donors (Lipinski definition) is 0. The summed E-state index contributed by atoms with van der Waals surface area (Å²) >= 11 is 0. The van der Waals surface area contributed by atoms with Crippen LogP contribution < -0.4 is 0 Å². The third-order valence-corrected chi connectivity index (χ3v) is 12.6. The molecule has 0 N–H and O–H groups in total. The van der Waals surface area contributed by atoms with Crippen LogP contribution in [0.15, 0.2) is 231 Å². The minimum atomic E-state index is 1.22. The summed E-state index contributed by atoms with van der Waals surface area (Å²) in [5.74, 6) is 0. The molecule has 0 saturated heterocycles. The molecule has 0 fully saturated rings. The molecule has 0 bridgehead atoms. The number of benzene rings is 12. The highest BCUT2D eigenvalue weighted by Crippen LogP contribution is 2.41. The maximum atomic E-state index is 2.37. The van der Waals surface area contributed by atoms with Crippen molar-refractivity contribution in [2.45, 2.75) is 0 Å². The Morgan fingerprint density at radius 2 is 0.483 bits per heavy atom. The molecular formula is C60H38. The van der Waals surface area contributed by atoms with Crippen molar-refractivity contribution < 1.29 is 0 Å². The van der Waals surface area contributed by atoms with Crippen molar-refractivity contribution in [3.8, 4) is 55.6 Å². The van der Waals surface area contributed by atoms with Gasteiger partial charge in [-0.2, -0.15) is 0 Å². The predicted molar refractivity (Wildman–Crippen MR) is 259 cm³/mol. The van der Waals surface area contributed by atoms with Crippen LogP contribution in [0.1, 0.15) is 0 Å². The van der Waals surface area contributed by atoms with E-state index in [-0.39, 0.29) is 0 Å². The Morgan fingerprint density at radius 3 is 0.917 bits per heavy atom. The fourth-order valence-electron chi connectivity index (χ4n) is 9.49. The van der Waals surface area contributed by atoms with Gasteiger partial charge in [-0.1, -0.05) is 182 Å². The summed E-state index contributed by atoms with van der Waals surface area (Å²) in [4.78, 5) is 0. The zero-order valence-corrected chi connectivity index (χ0v) is 32.9. The number of fused-ring (bicyclic) bond motifs is 8. The van der Waals surface area contributed by atoms with E-state index in [0.717, 1.165) is 0 Å². The first-order valence-corrected chi connectivity index (χ1v) is 20.8. The van der Waals surface area contributed by atoms with Crippen molar-refractivity contribution >= 4 is 64.6 Å². The van der Waals surface area contributed by atoms with Crippen LogP contribution in [-0.2, 0) is 0 Å². The Hall–Kier alpha value is -7.80. The van der Waals surface area contributed by atoms with Gasteiger partial charge in [0, 0.05) is 0 Å². The molecule has 0 unspecified atom stereocenters. The summed E-state index contributed by atoms with van der Waals surface area (Å²) < 4.78 is 0. The van der Waals surface area contributed by atoms with Crippen LogP contribution in [0.25, 0.3) is 120 Å². The second-order valence-electron chi connectivity index (χ2n) is 16.1. The van der Waals surface area contributed by atoms with Gasteiger partial charge in [-0.05, 0) is 169 Å². The molecule has 0 spiro atoms. The van der Waals surface area contributed by atoms with Crippen molar-refractivity contribution in [2.75, 3.05) is 0 Å². The zero-order chi connectivity index (χ0) is 39.6. The van der Waals surface area contributed by atoms with E-state index in [2.05, 4.69) is 231 Å². The Morgan fingerprint density at radius 1 is 0.150 bits per heavy atom. The molecule has 12 aromatic carbocycles. The van der Waals surface area contributed by atoms with E-state index in [0.29, 0.717) is 0 Å². The molecule has 278 valence electrons. The zero-order valence-electron chi connectivity index (χ0n) is 32.9. The topological polar surface area (TPSA) is 0 Å². The lowest BCUT2D eigenvalue weighted by molar-refractivity contribution is 1.64. The van der Waals surface area contributed by atoms with Crippen LogP contribution in [0.2, 0.25) is 0 Å². The van der Waals surface area contributed by atoms with E-state index < -0.39 is 0 Å². The van der Waals surface area contributed by atoms with Crippen LogP contribution in [0.5, 0.6) is 0 Å². The highest BCUT2D eigenvalue weighted by atomic mass is 14.2. The Balaban J connectivity index is 0.914. The first-order valence-electron chi connectivity index (χ1n) is 20.8. The van der Waals surface area contributed by atoms with E-state index in [4.69, 9.17) is 0 Å². The third-order valence-electron chi connectivity index (χ3n) is 12.6. The summed E-state index contributed by atoms with van der Waals surface area (Å²) in [6.45, 7) is 0. The third kappa shape index (κ3) is 5.84. The molecular weight excluding hydrogens is 721 g/mol. The molecule has 0 nitrogen and oxygen atoms in total. The molecule has 0 aliphatic heterocycles. The highest BCUT2D eigenvalue weighted by Gasteiger charge is 2.14. The highest BCUT2D eigenvalue weighted by molar-refractivity contribution is 6.16. The smallest absolute Gasteiger partial charge is 0.00928 e. The molecule has 0 heteroatoms. The van der Waals surface area contributed by atoms with E-state index in [9.17, 15) is 0 Å². The minimum absolute atomic E-state index is 1.22. The van der Waals surface area contributed by atoms with Crippen molar-refractivity contribution in [3.05, 3.63) is 231 Å². The maximum absolute atomic E-state index is 2.37. The molecule has 12 aromatic rings. The number of rotatable bonds is 5. The summed E-state index contributed by atoms with van der Waals surface area (Å²) in [7, 11) is 0. The van der Waals surface area contributed by atoms with Gasteiger partial charge in [0.15, 0.2) is 0 Å². The molecule has 0 aliphatic rings. The van der Waals surface area contributed by atoms with Gasteiger partial charge in [0.2, 0.25) is 0 Å². The van der Waals surface area contributed by atoms with Gasteiger partial charge in [-0.3, -0.25) is 0 Å². The van der Waals surface area contributed by atoms with Crippen LogP contribution in [-0.4, -0.2) is 0 Å². The fourth-order valence-corrected chi connectivity index (χ4v) is 9.49. The van der Waals surface area contributed by atoms with Crippen LogP contribution in [0, 0.1) is 0 Å². The second-order valence-corrected chi connectivity index (χ2v) is 16.1. The first-order chi connectivity index (χ1) is 29.7. The Labute approximate surface area is 349 Å². The number of hydrogen-bond acceptors (Lipinski definition) is 0. The Bertz CT molecular complexity index is 3390. The van der Waals surface area contributed by atoms with Gasteiger partial charge in [-0.25, -0.2) is 0 Å². The average Bonchev–Trinajstić information content (AvgIpc) is 3.33. The molecule has 60 heavy (non-hydrogen) atoms. The molecule has 0 saturated carbocycles. The normalized spacial score (nSPS) is 11.7. The van der Waals surface area contributed by atoms with Gasteiger partial charge < -0.3 is 0 Å². The average molecular weight is 759 g/mol. The minimum Gasteiger partial charge on any atom is -0.0622 e. The van der Waals surface area contributed by atoms with Crippen LogP contribution >= 0.6 is 0 Å². The van der Waals surface area contributed by atoms with Crippen molar-refractivity contribution in [2.24, 2.45) is 0 Å². The predicted octanol–water partition coefficient (Wildman–Crippen LogP) is 16.9. The van der Waals surface area contributed by atoms with E-state index in [1.165, 1.54) is 120 Å². The quantitative estimate of drug-likeness (QED) is 0.153. The first kappa shape index (κ1) is 34.3. The lowest BCUT2D eigenvalue weighted by Crippen LogP contribution is -1.88. The molecule has 12 rings (SSSR count). The summed E-state index contributed by atoms with van der Waals surface area (Å²) in [5, 5.41) is 15.1. The van der Waals surface area contributed by atoms with Gasteiger partial charge in [0.1, 0.15) is 0 Å². The molecule has 0 amide bonds. The standard InChI is InChI=1S/C60H38/c1-3-11-39(12-4-1)47-27-29-55-53-17-9-7-15-49(53)37-57(59(55)35-47)51-25-23-43-31-41(19-21-45(43)33-51)42-20-22-46-34-52(26-24-44(46)32-42)58-38-50-16-8-10-18-54(50)56-30-28-48(36-60(56)58)40-13-5-2-6-14-40/h1-38H. The lowest BCUT2D eigenvalue weighted by Gasteiger charge is -2.14. The van der Waals surface area contributed by atoms with Gasteiger partial charge >= 0.3 is 0 Å². The fraction of sp³-hybridized carbons (Fsp3) is 0. The van der Waals surface area contributed by atoms with Gasteiger partial charge in [-0.15, -0.1) is 0 Å². The summed E-state index contributed by atoms with van der Waals surface area (Å²) in [5.41, 5.74) is 12.3. The molecule has 0 radical (unpaired) electrons. The maximum Gasteiger partial charge on any atom is -0.00928 e. The molecule has 0 aliphatic carbocycles. The SMILES string of the molecule is c1ccc(-c2ccc3c(c2)c(-c2ccc4cc(-c5ccc6cc(-c7cc8ccccc8c8ccc(-c9ccccc9)cc78)ccc6c5)ccc4c2)cc2ccccc23)cc1. The van der Waals surface area contributed by atoms with Gasteiger partial charge in [0.05, 0.1) is 0 Å². The van der Waals surface area contributed by atoms with E-state index in [1.807, 2.05) is 0 Å². The lowest BCUT2D eigenvalue weighted by atomic mass is 9.89. The Kier molecular flexibility index (Phi) is 7.96. The summed E-state index contributed by atoms with van der Waals surface area (Å²) in [6.07, 6.45) is 0. The monoisotopic (exact) mass is 758 g/mol. The second kappa shape index (κ2) is 13.9. The molecule has 0 aromatic heterocycles. The summed E-state index contributed by atoms with van der Waals surface area (Å²) in [6, 6.07) is 85.2. The van der Waals surface area contributed by atoms with Crippen LogP contribution in [0.3, 0.4) is 0 Å². The van der Waals surface area contributed by atoms with Crippen molar-refractivity contribution in [1.82, 2.24) is 0 Å². The molecule has 0 atom stereocenters. The van der Waals surface area contributed by atoms with E-state index >= 15 is 0 Å².